The molecule has 4 rings (SSSR count). The number of allylic oxidation sites excluding steroid dienone is 3. The van der Waals surface area contributed by atoms with Gasteiger partial charge in [-0.3, -0.25) is 9.69 Å². The molecule has 0 aromatic carbocycles. The number of morpholine rings is 1. The van der Waals surface area contributed by atoms with Gasteiger partial charge in [-0.05, 0) is 25.0 Å². The average molecular weight is 385 g/mol. The third-order valence-electron chi connectivity index (χ3n) is 5.43. The number of nitriles is 1. The average Bonchev–Trinajstić information content (AvgIpc) is 3.02. The molecule has 7 heteroatoms. The molecule has 1 atom stereocenters. The maximum atomic E-state index is 12.7. The van der Waals surface area contributed by atoms with Gasteiger partial charge in [0.25, 0.3) is 0 Å². The van der Waals surface area contributed by atoms with E-state index in [2.05, 4.69) is 24.0 Å². The Labute approximate surface area is 162 Å². The van der Waals surface area contributed by atoms with E-state index in [4.69, 9.17) is 15.2 Å². The van der Waals surface area contributed by atoms with Crippen molar-refractivity contribution in [1.82, 2.24) is 4.90 Å². The van der Waals surface area contributed by atoms with E-state index in [1.165, 1.54) is 10.4 Å². The van der Waals surface area contributed by atoms with Gasteiger partial charge in [-0.25, -0.2) is 0 Å². The first-order chi connectivity index (χ1) is 13.1. The molecular weight excluding hydrogens is 362 g/mol. The van der Waals surface area contributed by atoms with Gasteiger partial charge in [-0.2, -0.15) is 5.26 Å². The summed E-state index contributed by atoms with van der Waals surface area (Å²) in [5.41, 5.74) is 8.26. The van der Waals surface area contributed by atoms with Gasteiger partial charge in [0, 0.05) is 47.8 Å². The number of hydrogen-bond donors (Lipinski definition) is 1. The van der Waals surface area contributed by atoms with Crippen molar-refractivity contribution in [2.24, 2.45) is 5.73 Å². The number of rotatable bonds is 3. The summed E-state index contributed by atoms with van der Waals surface area (Å²) in [6.45, 7) is 6.32. The van der Waals surface area contributed by atoms with Crippen LogP contribution in [0.2, 0.25) is 0 Å². The quantitative estimate of drug-likeness (QED) is 0.861. The lowest BCUT2D eigenvalue weighted by Crippen LogP contribution is -2.35. The van der Waals surface area contributed by atoms with E-state index >= 15 is 0 Å². The minimum absolute atomic E-state index is 0.0716. The van der Waals surface area contributed by atoms with E-state index in [-0.39, 0.29) is 11.7 Å². The van der Waals surface area contributed by atoms with Crippen LogP contribution in [0.5, 0.6) is 0 Å². The number of carbonyl (C=O) groups excluding carboxylic acids is 1. The summed E-state index contributed by atoms with van der Waals surface area (Å²) in [6, 6.07) is 4.33. The molecule has 2 N–H and O–H groups in total. The first-order valence-electron chi connectivity index (χ1n) is 9.31. The second-order valence-electron chi connectivity index (χ2n) is 7.16. The maximum absolute atomic E-state index is 12.7. The largest absolute Gasteiger partial charge is 0.444 e. The molecule has 0 saturated carbocycles. The van der Waals surface area contributed by atoms with Crippen LogP contribution in [-0.2, 0) is 20.8 Å². The highest BCUT2D eigenvalue weighted by Gasteiger charge is 2.39. The van der Waals surface area contributed by atoms with Crippen molar-refractivity contribution in [2.75, 3.05) is 26.3 Å². The Morgan fingerprint density at radius 2 is 2.15 bits per heavy atom. The van der Waals surface area contributed by atoms with Crippen LogP contribution in [0.4, 0.5) is 0 Å². The van der Waals surface area contributed by atoms with Crippen LogP contribution in [0.1, 0.15) is 40.5 Å². The lowest BCUT2D eigenvalue weighted by Gasteiger charge is -2.30. The molecule has 142 valence electrons. The fourth-order valence-electron chi connectivity index (χ4n) is 3.99. The van der Waals surface area contributed by atoms with Gasteiger partial charge >= 0.3 is 0 Å². The van der Waals surface area contributed by atoms with Gasteiger partial charge in [-0.1, -0.05) is 0 Å². The summed E-state index contributed by atoms with van der Waals surface area (Å²) in [4.78, 5) is 17.2. The third-order valence-corrected chi connectivity index (χ3v) is 6.58. The van der Waals surface area contributed by atoms with Crippen LogP contribution in [-0.4, -0.2) is 37.0 Å². The zero-order valence-electron chi connectivity index (χ0n) is 15.4. The van der Waals surface area contributed by atoms with Gasteiger partial charge in [0.15, 0.2) is 5.78 Å². The van der Waals surface area contributed by atoms with E-state index in [0.717, 1.165) is 44.1 Å². The topological polar surface area (TPSA) is 88.6 Å². The van der Waals surface area contributed by atoms with Crippen LogP contribution in [0.3, 0.4) is 0 Å². The first kappa shape index (κ1) is 18.2. The van der Waals surface area contributed by atoms with Gasteiger partial charge < -0.3 is 15.2 Å². The Kier molecular flexibility index (Phi) is 5.04. The number of nitrogens with two attached hydrogens (primary N) is 1. The normalized spacial score (nSPS) is 23.9. The number of carbonyl (C=O) groups is 1. The summed E-state index contributed by atoms with van der Waals surface area (Å²) in [5, 5.41) is 9.69. The molecule has 6 nitrogen and oxygen atoms in total. The highest BCUT2D eigenvalue weighted by atomic mass is 32.1. The highest BCUT2D eigenvalue weighted by molar-refractivity contribution is 7.12. The first-order valence-corrected chi connectivity index (χ1v) is 10.1. The molecule has 2 aliphatic heterocycles. The Bertz CT molecular complexity index is 872. The highest BCUT2D eigenvalue weighted by Crippen LogP contribution is 2.45. The summed E-state index contributed by atoms with van der Waals surface area (Å²) in [7, 11) is 0. The maximum Gasteiger partial charge on any atom is 0.205 e. The fraction of sp³-hybridized carbons (Fsp3) is 0.500. The van der Waals surface area contributed by atoms with Crippen molar-refractivity contribution in [1.29, 1.82) is 5.26 Å². The van der Waals surface area contributed by atoms with Crippen LogP contribution in [0.15, 0.2) is 28.9 Å². The molecule has 3 aliphatic rings. The molecule has 0 radical (unpaired) electrons. The molecule has 1 saturated heterocycles. The minimum atomic E-state index is -0.395. The monoisotopic (exact) mass is 385 g/mol. The van der Waals surface area contributed by atoms with Gasteiger partial charge in [0.1, 0.15) is 17.4 Å². The smallest absolute Gasteiger partial charge is 0.205 e. The second-order valence-corrected chi connectivity index (χ2v) is 8.44. The molecule has 1 aromatic heterocycles. The number of nitrogens with zero attached hydrogens (tertiary/aromatic N) is 2. The summed E-state index contributed by atoms with van der Waals surface area (Å²) in [5.74, 6) is 0.459. The van der Waals surface area contributed by atoms with Crippen LogP contribution in [0, 0.1) is 18.3 Å². The molecular formula is C20H23N3O3S. The van der Waals surface area contributed by atoms with E-state index < -0.39 is 5.92 Å². The molecule has 0 bridgehead atoms. The lowest BCUT2D eigenvalue weighted by molar-refractivity contribution is -0.116. The number of thiophene rings is 1. The number of Topliss-reactive ketones (excluding diaryl/α,β-unsaturated/α-hetero) is 1. The van der Waals surface area contributed by atoms with Crippen molar-refractivity contribution in [2.45, 2.75) is 38.6 Å². The van der Waals surface area contributed by atoms with Gasteiger partial charge in [-0.15, -0.1) is 11.3 Å². The second kappa shape index (κ2) is 7.47. The zero-order chi connectivity index (χ0) is 19.0. The van der Waals surface area contributed by atoms with E-state index in [1.807, 2.05) is 0 Å². The standard InChI is InChI=1S/C20H23N3O3S/c1-12-13(11-23-5-7-25-8-6-23)9-17(27-12)18-14(10-21)20(22)26-16-4-2-3-15(24)19(16)18/h9,18H,2-8,11,22H2,1H3. The SMILES string of the molecule is Cc1sc(C2C(C#N)=C(N)OC3=C2C(=O)CCC3)cc1CN1CCOCC1. The molecule has 1 aliphatic carbocycles. The minimum Gasteiger partial charge on any atom is -0.444 e. The number of hydrogen-bond acceptors (Lipinski definition) is 7. The summed E-state index contributed by atoms with van der Waals surface area (Å²) >= 11 is 1.65. The molecule has 1 unspecified atom stereocenters. The molecule has 27 heavy (non-hydrogen) atoms. The van der Waals surface area contributed by atoms with E-state index in [0.29, 0.717) is 29.7 Å². The summed E-state index contributed by atoms with van der Waals surface area (Å²) < 4.78 is 11.1. The predicted octanol–water partition coefficient (Wildman–Crippen LogP) is 2.70. The van der Waals surface area contributed by atoms with Crippen molar-refractivity contribution < 1.29 is 14.3 Å². The molecule has 1 fully saturated rings. The molecule has 0 amide bonds. The van der Waals surface area contributed by atoms with Crippen molar-refractivity contribution >= 4 is 17.1 Å². The Balaban J connectivity index is 1.70. The Morgan fingerprint density at radius 1 is 1.37 bits per heavy atom. The third kappa shape index (κ3) is 3.41. The van der Waals surface area contributed by atoms with Gasteiger partial charge in [0.2, 0.25) is 5.88 Å². The van der Waals surface area contributed by atoms with Gasteiger partial charge in [0.05, 0.1) is 19.1 Å². The molecule has 0 spiro atoms. The van der Waals surface area contributed by atoms with E-state index in [9.17, 15) is 10.1 Å². The molecule has 1 aromatic rings. The van der Waals surface area contributed by atoms with Crippen LogP contribution >= 0.6 is 11.3 Å². The predicted molar refractivity (Wildman–Crippen MR) is 102 cm³/mol. The van der Waals surface area contributed by atoms with Crippen molar-refractivity contribution in [3.8, 4) is 6.07 Å². The fourth-order valence-corrected chi connectivity index (χ4v) is 5.15. The van der Waals surface area contributed by atoms with Crippen LogP contribution in [0.25, 0.3) is 0 Å². The van der Waals surface area contributed by atoms with E-state index in [1.54, 1.807) is 11.3 Å². The number of ether oxygens (including phenoxy) is 2. The van der Waals surface area contributed by atoms with Crippen LogP contribution < -0.4 is 5.73 Å². The number of ketones is 1. The van der Waals surface area contributed by atoms with Crippen molar-refractivity contribution in [3.63, 3.8) is 0 Å². The summed E-state index contributed by atoms with van der Waals surface area (Å²) in [6.07, 6.45) is 1.97. The van der Waals surface area contributed by atoms with Crippen molar-refractivity contribution in [3.05, 3.63) is 44.2 Å². The Hall–Kier alpha value is -2.14. The lowest BCUT2D eigenvalue weighted by atomic mass is 9.80. The zero-order valence-corrected chi connectivity index (χ0v) is 16.2. The number of aryl methyl sites for hydroxylation is 1. The Morgan fingerprint density at radius 3 is 2.89 bits per heavy atom. The molecule has 3 heterocycles.